The quantitative estimate of drug-likeness (QED) is 0.832. The standard InChI is InChI=1S/C15H19NO3S/c1-19-14-7-4-6-13(14)16-15(18)11-9-12(20-10-11)5-2-3-8-17/h9-10,13-14,17H,3-4,6-8H2,1H3,(H,16,18). The van der Waals surface area contributed by atoms with E-state index in [1.807, 2.05) is 5.38 Å². The molecule has 4 nitrogen and oxygen atoms in total. The molecule has 1 heterocycles. The van der Waals surface area contributed by atoms with Crippen molar-refractivity contribution in [2.45, 2.75) is 37.8 Å². The highest BCUT2D eigenvalue weighted by Crippen LogP contribution is 2.22. The minimum absolute atomic E-state index is 0.0613. The molecule has 0 aliphatic heterocycles. The first-order valence-corrected chi connectivity index (χ1v) is 7.64. The maximum atomic E-state index is 12.2. The Morgan fingerprint density at radius 3 is 3.20 bits per heavy atom. The van der Waals surface area contributed by atoms with Gasteiger partial charge >= 0.3 is 0 Å². The van der Waals surface area contributed by atoms with E-state index >= 15 is 0 Å². The molecule has 1 amide bonds. The van der Waals surface area contributed by atoms with Crippen LogP contribution in [0.15, 0.2) is 11.4 Å². The van der Waals surface area contributed by atoms with Gasteiger partial charge in [-0.3, -0.25) is 4.79 Å². The number of aliphatic hydroxyl groups excluding tert-OH is 1. The zero-order valence-corrected chi connectivity index (χ0v) is 12.3. The van der Waals surface area contributed by atoms with Crippen molar-refractivity contribution in [2.24, 2.45) is 0 Å². The van der Waals surface area contributed by atoms with E-state index in [1.165, 1.54) is 11.3 Å². The zero-order chi connectivity index (χ0) is 14.4. The predicted octanol–water partition coefficient (Wildman–Crippen LogP) is 1.78. The first-order chi connectivity index (χ1) is 9.74. The van der Waals surface area contributed by atoms with Crippen LogP contribution >= 0.6 is 11.3 Å². The molecule has 1 aromatic rings. The van der Waals surface area contributed by atoms with Crippen molar-refractivity contribution in [2.75, 3.05) is 13.7 Å². The third-order valence-corrected chi connectivity index (χ3v) is 4.23. The molecule has 0 spiro atoms. The molecule has 108 valence electrons. The maximum Gasteiger partial charge on any atom is 0.252 e. The van der Waals surface area contributed by atoms with Crippen molar-refractivity contribution < 1.29 is 14.6 Å². The van der Waals surface area contributed by atoms with Crippen LogP contribution in [0.4, 0.5) is 0 Å². The van der Waals surface area contributed by atoms with E-state index in [2.05, 4.69) is 17.2 Å². The van der Waals surface area contributed by atoms with E-state index in [0.717, 1.165) is 24.1 Å². The Hall–Kier alpha value is -1.35. The van der Waals surface area contributed by atoms with Crippen molar-refractivity contribution in [3.63, 3.8) is 0 Å². The third kappa shape index (κ3) is 3.83. The van der Waals surface area contributed by atoms with Crippen molar-refractivity contribution in [3.05, 3.63) is 21.9 Å². The van der Waals surface area contributed by atoms with Gasteiger partial charge in [0.1, 0.15) is 0 Å². The monoisotopic (exact) mass is 293 g/mol. The van der Waals surface area contributed by atoms with Gasteiger partial charge in [-0.15, -0.1) is 11.3 Å². The molecule has 2 atom stereocenters. The summed E-state index contributed by atoms with van der Waals surface area (Å²) in [5, 5.41) is 13.5. The van der Waals surface area contributed by atoms with Crippen LogP contribution in [0, 0.1) is 11.8 Å². The fourth-order valence-electron chi connectivity index (χ4n) is 2.35. The van der Waals surface area contributed by atoms with Crippen LogP contribution in [-0.2, 0) is 4.74 Å². The fourth-order valence-corrected chi connectivity index (χ4v) is 3.11. The van der Waals surface area contributed by atoms with Gasteiger partial charge in [0, 0.05) is 18.9 Å². The molecule has 5 heteroatoms. The number of carbonyl (C=O) groups is 1. The van der Waals surface area contributed by atoms with Gasteiger partial charge in [0.05, 0.1) is 29.2 Å². The fraction of sp³-hybridized carbons (Fsp3) is 0.533. The second kappa shape index (κ2) is 7.44. The van der Waals surface area contributed by atoms with Crippen molar-refractivity contribution in [1.29, 1.82) is 0 Å². The molecule has 1 aromatic heterocycles. The largest absolute Gasteiger partial charge is 0.395 e. The number of carbonyl (C=O) groups excluding carboxylic acids is 1. The molecule has 0 saturated heterocycles. The van der Waals surface area contributed by atoms with Crippen LogP contribution in [0.25, 0.3) is 0 Å². The highest BCUT2D eigenvalue weighted by atomic mass is 32.1. The molecule has 1 aliphatic rings. The van der Waals surface area contributed by atoms with E-state index in [0.29, 0.717) is 12.0 Å². The second-order valence-corrected chi connectivity index (χ2v) is 5.67. The summed E-state index contributed by atoms with van der Waals surface area (Å²) in [6, 6.07) is 1.90. The van der Waals surface area contributed by atoms with Crippen LogP contribution in [0.5, 0.6) is 0 Å². The summed E-state index contributed by atoms with van der Waals surface area (Å²) in [6.45, 7) is 0.0613. The van der Waals surface area contributed by atoms with E-state index in [-0.39, 0.29) is 24.7 Å². The van der Waals surface area contributed by atoms with Gasteiger partial charge in [0.15, 0.2) is 0 Å². The topological polar surface area (TPSA) is 58.6 Å². The third-order valence-electron chi connectivity index (χ3n) is 3.38. The van der Waals surface area contributed by atoms with Gasteiger partial charge in [-0.2, -0.15) is 0 Å². The predicted molar refractivity (Wildman–Crippen MR) is 78.8 cm³/mol. The molecule has 2 unspecified atom stereocenters. The number of rotatable bonds is 4. The summed E-state index contributed by atoms with van der Waals surface area (Å²) < 4.78 is 5.37. The van der Waals surface area contributed by atoms with Gasteiger partial charge in [-0.05, 0) is 25.3 Å². The van der Waals surface area contributed by atoms with Crippen molar-refractivity contribution in [3.8, 4) is 11.8 Å². The van der Waals surface area contributed by atoms with Gasteiger partial charge in [0.25, 0.3) is 5.91 Å². The number of ether oxygens (including phenoxy) is 1. The molecular formula is C15H19NO3S. The molecule has 1 fully saturated rings. The number of hydrogen-bond donors (Lipinski definition) is 2. The first kappa shape index (κ1) is 15.0. The Labute approximate surface area is 123 Å². The second-order valence-electron chi connectivity index (χ2n) is 4.76. The molecule has 0 radical (unpaired) electrons. The maximum absolute atomic E-state index is 12.2. The molecule has 2 rings (SSSR count). The molecule has 2 N–H and O–H groups in total. The average Bonchev–Trinajstić information content (AvgIpc) is 3.08. The summed E-state index contributed by atoms with van der Waals surface area (Å²) in [6.07, 6.45) is 3.64. The summed E-state index contributed by atoms with van der Waals surface area (Å²) in [4.78, 5) is 13.0. The van der Waals surface area contributed by atoms with Gasteiger partial charge in [0.2, 0.25) is 0 Å². The van der Waals surface area contributed by atoms with E-state index in [9.17, 15) is 4.79 Å². The Bertz CT molecular complexity index is 515. The number of aliphatic hydroxyl groups is 1. The summed E-state index contributed by atoms with van der Waals surface area (Å²) in [5.41, 5.74) is 0.644. The number of hydrogen-bond acceptors (Lipinski definition) is 4. The molecular weight excluding hydrogens is 274 g/mol. The summed E-state index contributed by atoms with van der Waals surface area (Å²) >= 11 is 1.45. The Kier molecular flexibility index (Phi) is 5.60. The minimum atomic E-state index is -0.0644. The Balaban J connectivity index is 1.94. The first-order valence-electron chi connectivity index (χ1n) is 6.76. The normalized spacial score (nSPS) is 21.3. The molecule has 0 aromatic carbocycles. The minimum Gasteiger partial charge on any atom is -0.395 e. The number of methoxy groups -OCH3 is 1. The summed E-state index contributed by atoms with van der Waals surface area (Å²) in [5.74, 6) is 5.73. The molecule has 20 heavy (non-hydrogen) atoms. The highest BCUT2D eigenvalue weighted by Gasteiger charge is 2.28. The SMILES string of the molecule is COC1CCCC1NC(=O)c1csc(C#CCCO)c1. The van der Waals surface area contributed by atoms with Crippen molar-refractivity contribution >= 4 is 17.2 Å². The Morgan fingerprint density at radius 2 is 2.45 bits per heavy atom. The van der Waals surface area contributed by atoms with Gasteiger partial charge in [-0.25, -0.2) is 0 Å². The lowest BCUT2D eigenvalue weighted by Crippen LogP contribution is -2.40. The zero-order valence-electron chi connectivity index (χ0n) is 11.5. The van der Waals surface area contributed by atoms with Crippen molar-refractivity contribution in [1.82, 2.24) is 5.32 Å². The van der Waals surface area contributed by atoms with Crippen LogP contribution in [0.3, 0.4) is 0 Å². The number of thiophene rings is 1. The van der Waals surface area contributed by atoms with Crippen LogP contribution in [0.1, 0.15) is 40.9 Å². The number of amides is 1. The highest BCUT2D eigenvalue weighted by molar-refractivity contribution is 7.10. The molecule has 0 bridgehead atoms. The van der Waals surface area contributed by atoms with Crippen LogP contribution < -0.4 is 5.32 Å². The lowest BCUT2D eigenvalue weighted by Gasteiger charge is -2.19. The lowest BCUT2D eigenvalue weighted by molar-refractivity contribution is 0.0722. The lowest BCUT2D eigenvalue weighted by atomic mass is 10.2. The smallest absolute Gasteiger partial charge is 0.252 e. The molecule has 1 aliphatic carbocycles. The summed E-state index contributed by atoms with van der Waals surface area (Å²) in [7, 11) is 1.69. The Morgan fingerprint density at radius 1 is 1.60 bits per heavy atom. The average molecular weight is 293 g/mol. The number of nitrogens with one attached hydrogen (secondary N) is 1. The van der Waals surface area contributed by atoms with Crippen LogP contribution in [-0.4, -0.2) is 36.9 Å². The van der Waals surface area contributed by atoms with E-state index in [1.54, 1.807) is 13.2 Å². The van der Waals surface area contributed by atoms with E-state index < -0.39 is 0 Å². The van der Waals surface area contributed by atoms with E-state index in [4.69, 9.17) is 9.84 Å². The van der Waals surface area contributed by atoms with Gasteiger partial charge in [-0.1, -0.05) is 11.8 Å². The molecule has 1 saturated carbocycles. The van der Waals surface area contributed by atoms with Crippen LogP contribution in [0.2, 0.25) is 0 Å². The van der Waals surface area contributed by atoms with Gasteiger partial charge < -0.3 is 15.2 Å².